The lowest BCUT2D eigenvalue weighted by Gasteiger charge is -2.02. The van der Waals surface area contributed by atoms with Crippen molar-refractivity contribution in [2.24, 2.45) is 5.73 Å². The van der Waals surface area contributed by atoms with Gasteiger partial charge in [0.2, 0.25) is 0 Å². The average molecular weight is 302 g/mol. The molecule has 0 radical (unpaired) electrons. The van der Waals surface area contributed by atoms with Crippen LogP contribution >= 0.6 is 0 Å². The molecule has 0 fully saturated rings. The molecular weight excluding hydrogens is 288 g/mol. The van der Waals surface area contributed by atoms with Crippen LogP contribution in [0.3, 0.4) is 0 Å². The van der Waals surface area contributed by atoms with Crippen molar-refractivity contribution >= 4 is 17.6 Å². The maximum absolute atomic E-state index is 11.4. The molecule has 0 aliphatic heterocycles. The summed E-state index contributed by atoms with van der Waals surface area (Å²) in [6.45, 7) is 1.96. The molecule has 112 valence electrons. The highest BCUT2D eigenvalue weighted by Crippen LogP contribution is 2.27. The molecule has 5 heteroatoms. The molecule has 0 bridgehead atoms. The predicted molar refractivity (Wildman–Crippen MR) is 88.1 cm³/mol. The number of amides is 1. The lowest BCUT2D eigenvalue weighted by atomic mass is 10.1. The topological polar surface area (TPSA) is 84.2 Å². The highest BCUT2D eigenvalue weighted by atomic mass is 16.1. The van der Waals surface area contributed by atoms with E-state index in [-0.39, 0.29) is 5.57 Å². The number of benzene rings is 1. The molecule has 2 heterocycles. The van der Waals surface area contributed by atoms with Crippen molar-refractivity contribution < 1.29 is 4.79 Å². The third-order valence-electron chi connectivity index (χ3n) is 3.60. The van der Waals surface area contributed by atoms with Crippen molar-refractivity contribution in [1.29, 1.82) is 5.26 Å². The first-order valence-corrected chi connectivity index (χ1v) is 7.06. The molecule has 0 saturated heterocycles. The normalized spacial score (nSPS) is 11.4. The Balaban J connectivity index is 2.36. The number of hydrogen-bond donors (Lipinski definition) is 1. The van der Waals surface area contributed by atoms with Crippen molar-refractivity contribution in [3.63, 3.8) is 0 Å². The van der Waals surface area contributed by atoms with Gasteiger partial charge in [0, 0.05) is 11.8 Å². The Hall–Kier alpha value is -3.39. The Kier molecular flexibility index (Phi) is 3.65. The average Bonchev–Trinajstić information content (AvgIpc) is 2.93. The largest absolute Gasteiger partial charge is 0.365 e. The van der Waals surface area contributed by atoms with Gasteiger partial charge in [0.1, 0.15) is 17.3 Å². The summed E-state index contributed by atoms with van der Waals surface area (Å²) >= 11 is 0. The summed E-state index contributed by atoms with van der Waals surface area (Å²) in [5, 5.41) is 9.13. The molecule has 0 atom stereocenters. The summed E-state index contributed by atoms with van der Waals surface area (Å²) in [5.41, 5.74) is 9.21. The van der Waals surface area contributed by atoms with Crippen LogP contribution in [0.2, 0.25) is 0 Å². The minimum atomic E-state index is -0.755. The molecule has 1 aromatic carbocycles. The Labute approximate surface area is 133 Å². The number of aromatic nitrogens is 2. The van der Waals surface area contributed by atoms with Gasteiger partial charge >= 0.3 is 0 Å². The number of carbonyl (C=O) groups is 1. The number of carbonyl (C=O) groups excluding carboxylic acids is 1. The van der Waals surface area contributed by atoms with Crippen LogP contribution in [0.25, 0.3) is 23.0 Å². The first-order chi connectivity index (χ1) is 11.1. The fourth-order valence-electron chi connectivity index (χ4n) is 2.46. The molecule has 0 unspecified atom stereocenters. The monoisotopic (exact) mass is 302 g/mol. The fraction of sp³-hybridized carbons (Fsp3) is 0.0556. The van der Waals surface area contributed by atoms with E-state index in [1.807, 2.05) is 66.1 Å². The molecule has 2 aromatic heterocycles. The number of imidazole rings is 1. The van der Waals surface area contributed by atoms with Gasteiger partial charge in [-0.15, -0.1) is 0 Å². The first kappa shape index (κ1) is 14.5. The van der Waals surface area contributed by atoms with Crippen LogP contribution < -0.4 is 5.73 Å². The molecule has 3 rings (SSSR count). The van der Waals surface area contributed by atoms with E-state index in [1.54, 1.807) is 0 Å². The number of nitrogens with zero attached hydrogens (tertiary/aromatic N) is 3. The Morgan fingerprint density at radius 3 is 2.65 bits per heavy atom. The standard InChI is InChI=1S/C18H14N4O/c1-12-6-5-9-22-15(10-14(11-19)17(20)23)16(21-18(12)22)13-7-3-2-4-8-13/h2-10H,1H3,(H2,20,23). The summed E-state index contributed by atoms with van der Waals surface area (Å²) in [6, 6.07) is 15.3. The summed E-state index contributed by atoms with van der Waals surface area (Å²) in [4.78, 5) is 16.1. The van der Waals surface area contributed by atoms with Crippen LogP contribution in [-0.2, 0) is 4.79 Å². The van der Waals surface area contributed by atoms with Crippen LogP contribution in [0.4, 0.5) is 0 Å². The molecule has 0 saturated carbocycles. The van der Waals surface area contributed by atoms with E-state index in [1.165, 1.54) is 6.08 Å². The lowest BCUT2D eigenvalue weighted by Crippen LogP contribution is -2.12. The molecule has 1 amide bonds. The zero-order chi connectivity index (χ0) is 16.4. The van der Waals surface area contributed by atoms with Gasteiger partial charge in [0.25, 0.3) is 5.91 Å². The van der Waals surface area contributed by atoms with Gasteiger partial charge in [-0.1, -0.05) is 36.4 Å². The number of aryl methyl sites for hydroxylation is 1. The van der Waals surface area contributed by atoms with Gasteiger partial charge in [-0.05, 0) is 24.6 Å². The van der Waals surface area contributed by atoms with Gasteiger partial charge in [-0.25, -0.2) is 4.98 Å². The summed E-state index contributed by atoms with van der Waals surface area (Å²) in [5.74, 6) is -0.755. The minimum absolute atomic E-state index is 0.106. The van der Waals surface area contributed by atoms with Crippen LogP contribution in [0, 0.1) is 18.3 Å². The lowest BCUT2D eigenvalue weighted by molar-refractivity contribution is -0.114. The Bertz CT molecular complexity index is 962. The number of primary amides is 1. The molecule has 23 heavy (non-hydrogen) atoms. The van der Waals surface area contributed by atoms with Crippen molar-refractivity contribution in [2.45, 2.75) is 6.92 Å². The number of hydrogen-bond acceptors (Lipinski definition) is 3. The van der Waals surface area contributed by atoms with Gasteiger partial charge in [0.05, 0.1) is 11.4 Å². The Morgan fingerprint density at radius 1 is 1.26 bits per heavy atom. The minimum Gasteiger partial charge on any atom is -0.365 e. The van der Waals surface area contributed by atoms with Crippen LogP contribution in [0.5, 0.6) is 0 Å². The van der Waals surface area contributed by atoms with Gasteiger partial charge in [-0.2, -0.15) is 5.26 Å². The molecular formula is C18H14N4O. The van der Waals surface area contributed by atoms with Crippen LogP contribution in [-0.4, -0.2) is 15.3 Å². The van der Waals surface area contributed by atoms with E-state index in [2.05, 4.69) is 4.98 Å². The number of nitrogens with two attached hydrogens (primary N) is 1. The third-order valence-corrected chi connectivity index (χ3v) is 3.60. The SMILES string of the molecule is Cc1cccn2c(C=C(C#N)C(N)=O)c(-c3ccccc3)nc12. The quantitative estimate of drug-likeness (QED) is 0.596. The zero-order valence-corrected chi connectivity index (χ0v) is 12.5. The number of pyridine rings is 1. The molecule has 0 aliphatic carbocycles. The molecule has 0 aliphatic rings. The van der Waals surface area contributed by atoms with E-state index in [4.69, 9.17) is 11.0 Å². The zero-order valence-electron chi connectivity index (χ0n) is 12.5. The van der Waals surface area contributed by atoms with Crippen LogP contribution in [0.15, 0.2) is 54.2 Å². The van der Waals surface area contributed by atoms with E-state index < -0.39 is 5.91 Å². The van der Waals surface area contributed by atoms with Crippen molar-refractivity contribution in [1.82, 2.24) is 9.38 Å². The Morgan fingerprint density at radius 2 is 2.00 bits per heavy atom. The second kappa shape index (κ2) is 5.78. The van der Waals surface area contributed by atoms with Gasteiger partial charge in [-0.3, -0.25) is 9.20 Å². The molecule has 3 aromatic rings. The maximum atomic E-state index is 11.4. The van der Waals surface area contributed by atoms with Gasteiger partial charge < -0.3 is 5.73 Å². The highest BCUT2D eigenvalue weighted by molar-refractivity contribution is 6.01. The number of fused-ring (bicyclic) bond motifs is 1. The predicted octanol–water partition coefficient (Wildman–Crippen LogP) is 2.70. The maximum Gasteiger partial charge on any atom is 0.259 e. The van der Waals surface area contributed by atoms with E-state index >= 15 is 0 Å². The second-order valence-electron chi connectivity index (χ2n) is 5.13. The summed E-state index contributed by atoms with van der Waals surface area (Å²) < 4.78 is 1.86. The van der Waals surface area contributed by atoms with E-state index in [0.29, 0.717) is 11.4 Å². The fourth-order valence-corrected chi connectivity index (χ4v) is 2.46. The molecule has 2 N–H and O–H groups in total. The van der Waals surface area contributed by atoms with Crippen molar-refractivity contribution in [2.75, 3.05) is 0 Å². The highest BCUT2D eigenvalue weighted by Gasteiger charge is 2.15. The van der Waals surface area contributed by atoms with Gasteiger partial charge in [0.15, 0.2) is 0 Å². The third kappa shape index (κ3) is 2.58. The van der Waals surface area contributed by atoms with Crippen molar-refractivity contribution in [3.05, 3.63) is 65.5 Å². The smallest absolute Gasteiger partial charge is 0.259 e. The number of rotatable bonds is 3. The number of nitriles is 1. The molecule has 5 nitrogen and oxygen atoms in total. The van der Waals surface area contributed by atoms with Crippen molar-refractivity contribution in [3.8, 4) is 17.3 Å². The summed E-state index contributed by atoms with van der Waals surface area (Å²) in [6.07, 6.45) is 3.34. The molecule has 0 spiro atoms. The van der Waals surface area contributed by atoms with Crippen LogP contribution in [0.1, 0.15) is 11.3 Å². The summed E-state index contributed by atoms with van der Waals surface area (Å²) in [7, 11) is 0. The second-order valence-corrected chi connectivity index (χ2v) is 5.13. The first-order valence-electron chi connectivity index (χ1n) is 7.06. The van der Waals surface area contributed by atoms with E-state index in [0.717, 1.165) is 16.8 Å². The van der Waals surface area contributed by atoms with E-state index in [9.17, 15) is 4.79 Å².